The molecule has 1 aromatic carbocycles. The van der Waals surface area contributed by atoms with Gasteiger partial charge in [0, 0.05) is 50.6 Å². The standard InChI is InChI=1S/C28H28N6O3.C2HF3O2/c1-3-37-23-15-24(26-22(16-29)18-31-34(26)19-23)21-9-10-25(30-17-21)32-11-13-33(14-12-32)28(35)27(36-2)20-7-5-4-6-8-20;3-2(4,5)1(6)7/h4-10,15,17-19,27H,3,11-14H2,1-2H3;(H,6,7)/t27-;/m0./s1. The highest BCUT2D eigenvalue weighted by molar-refractivity contribution is 5.85. The van der Waals surface area contributed by atoms with E-state index in [1.165, 1.54) is 0 Å². The number of ether oxygens (including phenoxy) is 2. The van der Waals surface area contributed by atoms with Crippen molar-refractivity contribution in [1.82, 2.24) is 19.5 Å². The van der Waals surface area contributed by atoms with E-state index in [9.17, 15) is 23.2 Å². The predicted octanol–water partition coefficient (Wildman–Crippen LogP) is 4.34. The normalized spacial score (nSPS) is 13.9. The van der Waals surface area contributed by atoms with Gasteiger partial charge in [0.1, 0.15) is 17.6 Å². The number of pyridine rings is 2. The van der Waals surface area contributed by atoms with E-state index < -0.39 is 18.2 Å². The Kier molecular flexibility index (Phi) is 10.0. The van der Waals surface area contributed by atoms with E-state index in [0.717, 1.165) is 28.0 Å². The predicted molar refractivity (Wildman–Crippen MR) is 153 cm³/mol. The van der Waals surface area contributed by atoms with Crippen LogP contribution < -0.4 is 9.64 Å². The molecule has 1 saturated heterocycles. The zero-order valence-electron chi connectivity index (χ0n) is 23.9. The lowest BCUT2D eigenvalue weighted by molar-refractivity contribution is -0.192. The largest absolute Gasteiger partial charge is 0.492 e. The van der Waals surface area contributed by atoms with Gasteiger partial charge in [-0.25, -0.2) is 14.3 Å². The van der Waals surface area contributed by atoms with Crippen LogP contribution in [0, 0.1) is 11.3 Å². The Morgan fingerprint density at radius 2 is 1.77 bits per heavy atom. The van der Waals surface area contributed by atoms with Gasteiger partial charge < -0.3 is 24.4 Å². The number of carboxylic acid groups (broad SMARTS) is 1. The molecule has 1 amide bonds. The summed E-state index contributed by atoms with van der Waals surface area (Å²) < 4.78 is 44.6. The number of alkyl halides is 3. The first kappa shape index (κ1) is 31.8. The molecule has 1 atom stereocenters. The zero-order chi connectivity index (χ0) is 31.9. The van der Waals surface area contributed by atoms with E-state index in [-0.39, 0.29) is 5.91 Å². The fourth-order valence-electron chi connectivity index (χ4n) is 4.71. The third-order valence-electron chi connectivity index (χ3n) is 6.80. The Morgan fingerprint density at radius 3 is 2.32 bits per heavy atom. The summed E-state index contributed by atoms with van der Waals surface area (Å²) in [6, 6.07) is 17.7. The second kappa shape index (κ2) is 13.9. The molecule has 4 aromatic rings. The molecule has 5 rings (SSSR count). The molecule has 1 N–H and O–H groups in total. The number of carbonyl (C=O) groups excluding carboxylic acids is 1. The van der Waals surface area contributed by atoms with Crippen LogP contribution in [0.2, 0.25) is 0 Å². The summed E-state index contributed by atoms with van der Waals surface area (Å²) in [6.45, 7) is 4.98. The molecule has 0 aliphatic carbocycles. The van der Waals surface area contributed by atoms with Crippen molar-refractivity contribution in [2.75, 3.05) is 44.8 Å². The van der Waals surface area contributed by atoms with Gasteiger partial charge in [-0.15, -0.1) is 0 Å². The SMILES string of the molecule is CCOc1cc(-c2ccc(N3CCN(C(=O)[C@@H](OC)c4ccccc4)CC3)nc2)c2c(C#N)cnn2c1.O=C(O)C(F)(F)F. The number of carboxylic acids is 1. The van der Waals surface area contributed by atoms with E-state index in [4.69, 9.17) is 24.4 Å². The third kappa shape index (κ3) is 7.24. The third-order valence-corrected chi connectivity index (χ3v) is 6.80. The first-order chi connectivity index (χ1) is 21.1. The minimum atomic E-state index is -5.08. The first-order valence-corrected chi connectivity index (χ1v) is 13.5. The van der Waals surface area contributed by atoms with E-state index in [1.807, 2.05) is 66.6 Å². The number of carbonyl (C=O) groups is 2. The van der Waals surface area contributed by atoms with Crippen LogP contribution in [0.25, 0.3) is 16.6 Å². The Hall–Kier alpha value is -5.16. The van der Waals surface area contributed by atoms with Crippen LogP contribution in [0.5, 0.6) is 5.75 Å². The summed E-state index contributed by atoms with van der Waals surface area (Å²) in [5.74, 6) is -1.27. The van der Waals surface area contributed by atoms with Crippen LogP contribution in [-0.2, 0) is 14.3 Å². The van der Waals surface area contributed by atoms with Crippen LogP contribution in [0.4, 0.5) is 19.0 Å². The number of amides is 1. The Morgan fingerprint density at radius 1 is 1.09 bits per heavy atom. The number of benzene rings is 1. The number of rotatable bonds is 7. The molecule has 1 aliphatic heterocycles. The molecule has 44 heavy (non-hydrogen) atoms. The van der Waals surface area contributed by atoms with Crippen molar-refractivity contribution >= 4 is 23.2 Å². The number of aliphatic carboxylic acids is 1. The van der Waals surface area contributed by atoms with Crippen molar-refractivity contribution < 1.29 is 37.3 Å². The topological polar surface area (TPSA) is 133 Å². The molecule has 0 unspecified atom stereocenters. The van der Waals surface area contributed by atoms with Crippen LogP contribution in [0.1, 0.15) is 24.2 Å². The smallest absolute Gasteiger partial charge is 0.490 e. The van der Waals surface area contributed by atoms with Gasteiger partial charge in [-0.1, -0.05) is 30.3 Å². The maximum Gasteiger partial charge on any atom is 0.490 e. The Balaban J connectivity index is 0.000000566. The molecule has 0 radical (unpaired) electrons. The molecule has 4 heterocycles. The monoisotopic (exact) mass is 610 g/mol. The van der Waals surface area contributed by atoms with E-state index in [2.05, 4.69) is 16.1 Å². The van der Waals surface area contributed by atoms with Crippen molar-refractivity contribution in [3.8, 4) is 22.9 Å². The number of piperazine rings is 1. The number of aromatic nitrogens is 3. The van der Waals surface area contributed by atoms with Gasteiger partial charge in [0.15, 0.2) is 6.10 Å². The summed E-state index contributed by atoms with van der Waals surface area (Å²) in [4.78, 5) is 30.7. The highest BCUT2D eigenvalue weighted by Crippen LogP contribution is 2.31. The highest BCUT2D eigenvalue weighted by Gasteiger charge is 2.38. The van der Waals surface area contributed by atoms with Gasteiger partial charge in [0.05, 0.1) is 30.1 Å². The molecule has 1 fully saturated rings. The number of nitrogens with zero attached hydrogens (tertiary/aromatic N) is 6. The van der Waals surface area contributed by atoms with Gasteiger partial charge in [-0.05, 0) is 30.7 Å². The molecule has 11 nitrogen and oxygen atoms in total. The van der Waals surface area contributed by atoms with Gasteiger partial charge in [0.2, 0.25) is 0 Å². The summed E-state index contributed by atoms with van der Waals surface area (Å²) in [5.41, 5.74) is 3.77. The molecule has 230 valence electrons. The van der Waals surface area contributed by atoms with Crippen LogP contribution >= 0.6 is 0 Å². The molecular weight excluding hydrogens is 581 g/mol. The number of hydrogen-bond acceptors (Lipinski definition) is 8. The summed E-state index contributed by atoms with van der Waals surface area (Å²) in [6.07, 6.45) is -0.542. The van der Waals surface area contributed by atoms with Crippen molar-refractivity contribution in [2.45, 2.75) is 19.2 Å². The maximum atomic E-state index is 13.1. The van der Waals surface area contributed by atoms with Crippen molar-refractivity contribution in [1.29, 1.82) is 5.26 Å². The van der Waals surface area contributed by atoms with Gasteiger partial charge in [0.25, 0.3) is 5.91 Å². The molecule has 1 aliphatic rings. The molecule has 14 heteroatoms. The number of nitriles is 1. The quantitative estimate of drug-likeness (QED) is 0.325. The number of hydrogen-bond donors (Lipinski definition) is 1. The lowest BCUT2D eigenvalue weighted by Gasteiger charge is -2.36. The highest BCUT2D eigenvalue weighted by atomic mass is 19.4. The minimum absolute atomic E-state index is 0.0241. The zero-order valence-corrected chi connectivity index (χ0v) is 23.9. The summed E-state index contributed by atoms with van der Waals surface area (Å²) in [5, 5.41) is 21.0. The minimum Gasteiger partial charge on any atom is -0.492 e. The van der Waals surface area contributed by atoms with Crippen molar-refractivity contribution in [3.05, 3.63) is 78.2 Å². The summed E-state index contributed by atoms with van der Waals surface area (Å²) >= 11 is 0. The fraction of sp³-hybridized carbons (Fsp3) is 0.300. The molecule has 0 spiro atoms. The fourth-order valence-corrected chi connectivity index (χ4v) is 4.71. The molecule has 3 aromatic heterocycles. The number of fused-ring (bicyclic) bond motifs is 1. The second-order valence-electron chi connectivity index (χ2n) is 9.53. The number of anilines is 1. The van der Waals surface area contributed by atoms with Crippen molar-refractivity contribution in [3.63, 3.8) is 0 Å². The van der Waals surface area contributed by atoms with Gasteiger partial charge >= 0.3 is 12.1 Å². The first-order valence-electron chi connectivity index (χ1n) is 13.5. The molecular formula is C30H29F3N6O5. The molecule has 0 saturated carbocycles. The lowest BCUT2D eigenvalue weighted by Crippen LogP contribution is -2.50. The van der Waals surface area contributed by atoms with Crippen LogP contribution in [-0.4, -0.2) is 82.6 Å². The number of halogens is 3. The average molecular weight is 611 g/mol. The van der Waals surface area contributed by atoms with E-state index >= 15 is 0 Å². The lowest BCUT2D eigenvalue weighted by atomic mass is 10.1. The van der Waals surface area contributed by atoms with Crippen molar-refractivity contribution in [2.24, 2.45) is 0 Å². The summed E-state index contributed by atoms with van der Waals surface area (Å²) in [7, 11) is 1.57. The van der Waals surface area contributed by atoms with Crippen LogP contribution in [0.15, 0.2) is 67.1 Å². The van der Waals surface area contributed by atoms with E-state index in [1.54, 1.807) is 24.0 Å². The maximum absolute atomic E-state index is 13.1. The number of methoxy groups -OCH3 is 1. The average Bonchev–Trinajstić information content (AvgIpc) is 3.45. The Bertz CT molecular complexity index is 1630. The van der Waals surface area contributed by atoms with Gasteiger partial charge in [-0.3, -0.25) is 4.79 Å². The molecule has 0 bridgehead atoms. The Labute approximate surface area is 250 Å². The van der Waals surface area contributed by atoms with E-state index in [0.29, 0.717) is 44.1 Å². The van der Waals surface area contributed by atoms with Gasteiger partial charge in [-0.2, -0.15) is 23.5 Å². The van der Waals surface area contributed by atoms with Crippen LogP contribution in [0.3, 0.4) is 0 Å². The second-order valence-corrected chi connectivity index (χ2v) is 9.53.